The number of aromatic nitrogens is 2. The number of carbonyl (C=O) groups excluding carboxylic acids is 1. The van der Waals surface area contributed by atoms with Gasteiger partial charge in [0.15, 0.2) is 0 Å². The first-order valence-corrected chi connectivity index (χ1v) is 13.5. The lowest BCUT2D eigenvalue weighted by Gasteiger charge is -2.36. The van der Waals surface area contributed by atoms with Gasteiger partial charge in [-0.3, -0.25) is 13.6 Å². The van der Waals surface area contributed by atoms with Crippen molar-refractivity contribution in [2.45, 2.75) is 17.4 Å². The summed E-state index contributed by atoms with van der Waals surface area (Å²) in [7, 11) is -1.21. The maximum atomic E-state index is 14.0. The molecule has 4 aromatic rings. The Kier molecular flexibility index (Phi) is 6.97. The van der Waals surface area contributed by atoms with E-state index in [1.165, 1.54) is 4.57 Å². The predicted octanol–water partition coefficient (Wildman–Crippen LogP) is 3.23. The second-order valence-corrected chi connectivity index (χ2v) is 10.2. The SMILES string of the molecule is CS(=O)c1cccc(-n2c(-c3ccccc3)c(C(=O)N3CCNC[C@H]3Cc3ccccc3)[nH]c2=O)c1. The molecule has 2 atom stereocenters. The molecule has 0 bridgehead atoms. The van der Waals surface area contributed by atoms with Crippen molar-refractivity contribution in [2.75, 3.05) is 25.9 Å². The number of piperazine rings is 1. The first-order chi connectivity index (χ1) is 17.5. The second kappa shape index (κ2) is 10.5. The summed E-state index contributed by atoms with van der Waals surface area (Å²) in [6, 6.07) is 26.5. The number of nitrogens with one attached hydrogen (secondary N) is 2. The van der Waals surface area contributed by atoms with Gasteiger partial charge in [-0.05, 0) is 30.2 Å². The molecule has 1 aromatic heterocycles. The average Bonchev–Trinajstić information content (AvgIpc) is 3.26. The summed E-state index contributed by atoms with van der Waals surface area (Å²) in [4.78, 5) is 32.7. The molecule has 0 aliphatic carbocycles. The molecule has 0 saturated carbocycles. The lowest BCUT2D eigenvalue weighted by atomic mass is 10.0. The monoisotopic (exact) mass is 500 g/mol. The number of amides is 1. The minimum atomic E-state index is -1.21. The third-order valence-electron chi connectivity index (χ3n) is 6.49. The number of aromatic amines is 1. The number of carbonyl (C=O) groups is 1. The lowest BCUT2D eigenvalue weighted by Crippen LogP contribution is -2.54. The molecule has 3 aromatic carbocycles. The molecular formula is C28H28N4O3S. The molecule has 1 fully saturated rings. The van der Waals surface area contributed by atoms with Crippen LogP contribution in [0, 0.1) is 0 Å². The molecule has 1 unspecified atom stereocenters. The summed E-state index contributed by atoms with van der Waals surface area (Å²) in [5.74, 6) is -0.206. The maximum absolute atomic E-state index is 14.0. The minimum absolute atomic E-state index is 0.0463. The van der Waals surface area contributed by atoms with E-state index in [0.29, 0.717) is 35.9 Å². The predicted molar refractivity (Wildman–Crippen MR) is 142 cm³/mol. The zero-order valence-electron chi connectivity index (χ0n) is 20.0. The Labute approximate surface area is 212 Å². The Bertz CT molecular complexity index is 1450. The molecule has 2 N–H and O–H groups in total. The number of nitrogens with zero attached hydrogens (tertiary/aromatic N) is 2. The van der Waals surface area contributed by atoms with Crippen LogP contribution in [0.1, 0.15) is 16.1 Å². The summed E-state index contributed by atoms with van der Waals surface area (Å²) < 4.78 is 13.6. The standard InChI is InChI=1S/C28H28N4O3S/c1-36(35)24-14-8-13-22(18-24)32-26(21-11-6-3-7-12-21)25(30-28(32)34)27(33)31-16-15-29-19-23(31)17-20-9-4-2-5-10-20/h2-14,18,23,29H,15-17,19H2,1H3,(H,30,34)/t23-,36?/m1/s1. The van der Waals surface area contributed by atoms with Gasteiger partial charge < -0.3 is 15.2 Å². The van der Waals surface area contributed by atoms with E-state index in [1.54, 1.807) is 30.5 Å². The number of benzene rings is 3. The summed E-state index contributed by atoms with van der Waals surface area (Å²) in [5, 5.41) is 3.40. The van der Waals surface area contributed by atoms with Crippen molar-refractivity contribution in [1.29, 1.82) is 0 Å². The van der Waals surface area contributed by atoms with Crippen LogP contribution in [-0.4, -0.2) is 56.5 Å². The molecule has 7 nitrogen and oxygen atoms in total. The van der Waals surface area contributed by atoms with E-state index in [1.807, 2.05) is 53.4 Å². The van der Waals surface area contributed by atoms with E-state index in [9.17, 15) is 13.8 Å². The molecule has 1 saturated heterocycles. The number of hydrogen-bond acceptors (Lipinski definition) is 4. The highest BCUT2D eigenvalue weighted by Gasteiger charge is 2.32. The van der Waals surface area contributed by atoms with Gasteiger partial charge in [0.1, 0.15) is 5.69 Å². The van der Waals surface area contributed by atoms with Crippen LogP contribution in [0.15, 0.2) is 94.6 Å². The summed E-state index contributed by atoms with van der Waals surface area (Å²) in [5.41, 5.74) is 2.81. The Hall–Kier alpha value is -3.75. The number of imidazole rings is 1. The fraction of sp³-hybridized carbons (Fsp3) is 0.214. The molecule has 1 aliphatic heterocycles. The third kappa shape index (κ3) is 4.82. The van der Waals surface area contributed by atoms with E-state index in [0.717, 1.165) is 17.5 Å². The van der Waals surface area contributed by atoms with Crippen LogP contribution in [0.4, 0.5) is 0 Å². The largest absolute Gasteiger partial charge is 0.331 e. The highest BCUT2D eigenvalue weighted by Crippen LogP contribution is 2.27. The zero-order valence-corrected chi connectivity index (χ0v) is 20.8. The number of hydrogen-bond donors (Lipinski definition) is 2. The smallest absolute Gasteiger partial charge is 0.331 e. The Morgan fingerprint density at radius 2 is 1.72 bits per heavy atom. The topological polar surface area (TPSA) is 87.2 Å². The van der Waals surface area contributed by atoms with Crippen LogP contribution in [0.3, 0.4) is 0 Å². The molecule has 1 aliphatic rings. The highest BCUT2D eigenvalue weighted by atomic mass is 32.2. The summed E-state index contributed by atoms with van der Waals surface area (Å²) >= 11 is 0. The molecule has 5 rings (SSSR count). The third-order valence-corrected chi connectivity index (χ3v) is 7.41. The van der Waals surface area contributed by atoms with E-state index in [-0.39, 0.29) is 17.6 Å². The van der Waals surface area contributed by atoms with Gasteiger partial charge in [0, 0.05) is 53.2 Å². The molecule has 0 spiro atoms. The van der Waals surface area contributed by atoms with E-state index in [2.05, 4.69) is 22.4 Å². The first-order valence-electron chi connectivity index (χ1n) is 11.9. The van der Waals surface area contributed by atoms with Gasteiger partial charge in [-0.1, -0.05) is 66.7 Å². The van der Waals surface area contributed by atoms with Crippen molar-refractivity contribution >= 4 is 16.7 Å². The van der Waals surface area contributed by atoms with Crippen molar-refractivity contribution in [3.8, 4) is 16.9 Å². The van der Waals surface area contributed by atoms with Crippen molar-refractivity contribution in [3.63, 3.8) is 0 Å². The molecule has 2 heterocycles. The highest BCUT2D eigenvalue weighted by molar-refractivity contribution is 7.84. The Morgan fingerprint density at radius 3 is 2.44 bits per heavy atom. The van der Waals surface area contributed by atoms with Crippen molar-refractivity contribution in [3.05, 3.63) is 107 Å². The number of H-pyrrole nitrogens is 1. The van der Waals surface area contributed by atoms with E-state index >= 15 is 0 Å². The minimum Gasteiger partial charge on any atom is -0.331 e. The first kappa shape index (κ1) is 24.0. The van der Waals surface area contributed by atoms with E-state index in [4.69, 9.17) is 0 Å². The van der Waals surface area contributed by atoms with Crippen LogP contribution < -0.4 is 11.0 Å². The molecule has 36 heavy (non-hydrogen) atoms. The van der Waals surface area contributed by atoms with Gasteiger partial charge in [-0.25, -0.2) is 4.79 Å². The van der Waals surface area contributed by atoms with Gasteiger partial charge >= 0.3 is 5.69 Å². The maximum Gasteiger partial charge on any atom is 0.331 e. The van der Waals surface area contributed by atoms with Crippen LogP contribution in [-0.2, 0) is 17.2 Å². The lowest BCUT2D eigenvalue weighted by molar-refractivity contribution is 0.0631. The Balaban J connectivity index is 1.61. The molecule has 0 radical (unpaired) electrons. The fourth-order valence-corrected chi connectivity index (χ4v) is 5.30. The van der Waals surface area contributed by atoms with Crippen LogP contribution >= 0.6 is 0 Å². The fourth-order valence-electron chi connectivity index (χ4n) is 4.75. The molecular weight excluding hydrogens is 472 g/mol. The van der Waals surface area contributed by atoms with Crippen molar-refractivity contribution < 1.29 is 9.00 Å². The average molecular weight is 501 g/mol. The Morgan fingerprint density at radius 1 is 1.00 bits per heavy atom. The normalized spacial score (nSPS) is 16.6. The quantitative estimate of drug-likeness (QED) is 0.426. The second-order valence-electron chi connectivity index (χ2n) is 8.85. The summed E-state index contributed by atoms with van der Waals surface area (Å²) in [6.45, 7) is 1.91. The summed E-state index contributed by atoms with van der Waals surface area (Å²) in [6.07, 6.45) is 2.32. The van der Waals surface area contributed by atoms with Crippen molar-refractivity contribution in [1.82, 2.24) is 19.8 Å². The van der Waals surface area contributed by atoms with Crippen molar-refractivity contribution in [2.24, 2.45) is 0 Å². The van der Waals surface area contributed by atoms with Gasteiger partial charge in [-0.2, -0.15) is 0 Å². The van der Waals surface area contributed by atoms with Crippen LogP contribution in [0.25, 0.3) is 16.9 Å². The van der Waals surface area contributed by atoms with Gasteiger partial charge in [0.25, 0.3) is 5.91 Å². The molecule has 1 amide bonds. The molecule has 8 heteroatoms. The van der Waals surface area contributed by atoms with Gasteiger partial charge in [0.2, 0.25) is 0 Å². The number of rotatable bonds is 6. The van der Waals surface area contributed by atoms with Gasteiger partial charge in [0.05, 0.1) is 11.4 Å². The van der Waals surface area contributed by atoms with E-state index < -0.39 is 16.5 Å². The van der Waals surface area contributed by atoms with Crippen LogP contribution in [0.2, 0.25) is 0 Å². The molecule has 184 valence electrons. The zero-order chi connectivity index (χ0) is 25.1. The van der Waals surface area contributed by atoms with Gasteiger partial charge in [-0.15, -0.1) is 0 Å². The van der Waals surface area contributed by atoms with Crippen LogP contribution in [0.5, 0.6) is 0 Å².